The Morgan fingerprint density at radius 2 is 1.65 bits per heavy atom. The standard InChI is InChI=1S/C18H26OSi/c1-18(2,3)20(4,5)11-10-16-12-14-8-6-7-9-15(14)13-17(16)19/h6-9,16-17,19H,12-13H2,1-5H3/t16-,17-/m0/s1. The molecular formula is C18H26OSi. The molecule has 2 atom stereocenters. The van der Waals surface area contributed by atoms with Crippen molar-refractivity contribution in [2.75, 3.05) is 0 Å². The van der Waals surface area contributed by atoms with Crippen molar-refractivity contribution in [3.05, 3.63) is 35.4 Å². The molecule has 0 spiro atoms. The third-order valence-electron chi connectivity index (χ3n) is 4.90. The van der Waals surface area contributed by atoms with Crippen molar-refractivity contribution in [3.63, 3.8) is 0 Å². The molecular weight excluding hydrogens is 260 g/mol. The molecule has 108 valence electrons. The molecule has 1 nitrogen and oxygen atoms in total. The molecule has 1 aromatic carbocycles. The zero-order valence-corrected chi connectivity index (χ0v) is 14.3. The van der Waals surface area contributed by atoms with Gasteiger partial charge in [0.05, 0.1) is 6.10 Å². The summed E-state index contributed by atoms with van der Waals surface area (Å²) in [7, 11) is -1.58. The first-order valence-corrected chi connectivity index (χ1v) is 10.5. The van der Waals surface area contributed by atoms with Crippen molar-refractivity contribution >= 4 is 8.07 Å². The van der Waals surface area contributed by atoms with E-state index in [1.54, 1.807) is 0 Å². The van der Waals surface area contributed by atoms with E-state index < -0.39 is 8.07 Å². The highest BCUT2D eigenvalue weighted by Crippen LogP contribution is 2.35. The largest absolute Gasteiger partial charge is 0.391 e. The van der Waals surface area contributed by atoms with Crippen LogP contribution in [-0.4, -0.2) is 19.3 Å². The van der Waals surface area contributed by atoms with E-state index in [1.165, 1.54) is 11.1 Å². The molecule has 0 radical (unpaired) electrons. The van der Waals surface area contributed by atoms with Crippen LogP contribution in [0.3, 0.4) is 0 Å². The van der Waals surface area contributed by atoms with Crippen LogP contribution in [0.15, 0.2) is 24.3 Å². The summed E-state index contributed by atoms with van der Waals surface area (Å²) in [5.41, 5.74) is 6.20. The maximum absolute atomic E-state index is 10.3. The van der Waals surface area contributed by atoms with Gasteiger partial charge in [0.25, 0.3) is 0 Å². The molecule has 0 unspecified atom stereocenters. The van der Waals surface area contributed by atoms with Crippen molar-refractivity contribution in [1.82, 2.24) is 0 Å². The molecule has 1 aliphatic carbocycles. The molecule has 0 fully saturated rings. The second-order valence-electron chi connectivity index (χ2n) is 7.50. The molecule has 0 aromatic heterocycles. The number of aliphatic hydroxyl groups is 1. The maximum Gasteiger partial charge on any atom is 0.137 e. The van der Waals surface area contributed by atoms with Gasteiger partial charge in [-0.05, 0) is 29.0 Å². The van der Waals surface area contributed by atoms with Crippen molar-refractivity contribution in [2.45, 2.75) is 57.8 Å². The van der Waals surface area contributed by atoms with Crippen LogP contribution in [-0.2, 0) is 12.8 Å². The lowest BCUT2D eigenvalue weighted by Crippen LogP contribution is -2.36. The first kappa shape index (κ1) is 15.3. The van der Waals surface area contributed by atoms with E-state index in [4.69, 9.17) is 0 Å². The van der Waals surface area contributed by atoms with Crippen LogP contribution in [0.1, 0.15) is 31.9 Å². The summed E-state index contributed by atoms with van der Waals surface area (Å²) in [5.74, 6) is 3.52. The highest BCUT2D eigenvalue weighted by atomic mass is 28.3. The zero-order valence-electron chi connectivity index (χ0n) is 13.3. The van der Waals surface area contributed by atoms with E-state index >= 15 is 0 Å². The summed E-state index contributed by atoms with van der Waals surface area (Å²) in [4.78, 5) is 0. The Hall–Kier alpha value is -1.04. The lowest BCUT2D eigenvalue weighted by atomic mass is 9.82. The molecule has 1 N–H and O–H groups in total. The maximum atomic E-state index is 10.3. The molecule has 20 heavy (non-hydrogen) atoms. The number of fused-ring (bicyclic) bond motifs is 1. The SMILES string of the molecule is CC(C)(C)[Si](C)(C)C#C[C@H]1Cc2ccccc2C[C@@H]1O. The summed E-state index contributed by atoms with van der Waals surface area (Å²) < 4.78 is 0. The van der Waals surface area contributed by atoms with Crippen LogP contribution in [0.2, 0.25) is 18.1 Å². The normalized spacial score (nSPS) is 22.7. The molecule has 2 rings (SSSR count). The summed E-state index contributed by atoms with van der Waals surface area (Å²) >= 11 is 0. The number of benzene rings is 1. The van der Waals surface area contributed by atoms with Crippen molar-refractivity contribution < 1.29 is 5.11 Å². The van der Waals surface area contributed by atoms with Gasteiger partial charge in [-0.2, -0.15) is 0 Å². The Kier molecular flexibility index (Phi) is 4.13. The Labute approximate surface area is 124 Å². The molecule has 1 aliphatic rings. The Bertz CT molecular complexity index is 543. The minimum Gasteiger partial charge on any atom is -0.391 e. The van der Waals surface area contributed by atoms with E-state index in [-0.39, 0.29) is 17.1 Å². The van der Waals surface area contributed by atoms with Crippen LogP contribution in [0.4, 0.5) is 0 Å². The molecule has 0 saturated heterocycles. The average Bonchev–Trinajstić information content (AvgIpc) is 2.35. The van der Waals surface area contributed by atoms with E-state index in [0.717, 1.165) is 12.8 Å². The second-order valence-corrected chi connectivity index (χ2v) is 12.5. The zero-order chi connectivity index (χ0) is 15.0. The fourth-order valence-electron chi connectivity index (χ4n) is 2.30. The van der Waals surface area contributed by atoms with E-state index in [0.29, 0.717) is 0 Å². The number of hydrogen-bond donors (Lipinski definition) is 1. The van der Waals surface area contributed by atoms with Crippen LogP contribution in [0.25, 0.3) is 0 Å². The average molecular weight is 286 g/mol. The van der Waals surface area contributed by atoms with E-state index in [1.807, 2.05) is 6.07 Å². The summed E-state index contributed by atoms with van der Waals surface area (Å²) in [5, 5.41) is 10.6. The fraction of sp³-hybridized carbons (Fsp3) is 0.556. The first-order valence-electron chi connectivity index (χ1n) is 7.48. The first-order chi connectivity index (χ1) is 9.21. The minimum absolute atomic E-state index is 0.0963. The summed E-state index contributed by atoms with van der Waals surface area (Å²) in [6.45, 7) is 11.5. The van der Waals surface area contributed by atoms with Gasteiger partial charge in [-0.1, -0.05) is 58.1 Å². The quantitative estimate of drug-likeness (QED) is 0.568. The molecule has 0 aliphatic heterocycles. The minimum atomic E-state index is -1.58. The van der Waals surface area contributed by atoms with Crippen molar-refractivity contribution in [3.8, 4) is 11.5 Å². The Morgan fingerprint density at radius 3 is 2.20 bits per heavy atom. The number of rotatable bonds is 0. The molecule has 0 saturated carbocycles. The second kappa shape index (κ2) is 5.39. The molecule has 0 heterocycles. The van der Waals surface area contributed by atoms with Crippen molar-refractivity contribution in [1.29, 1.82) is 0 Å². The van der Waals surface area contributed by atoms with Gasteiger partial charge in [-0.3, -0.25) is 0 Å². The monoisotopic (exact) mass is 286 g/mol. The van der Waals surface area contributed by atoms with Crippen LogP contribution in [0, 0.1) is 17.4 Å². The Morgan fingerprint density at radius 1 is 1.10 bits per heavy atom. The van der Waals surface area contributed by atoms with E-state index in [9.17, 15) is 5.11 Å². The topological polar surface area (TPSA) is 20.2 Å². The van der Waals surface area contributed by atoms with Gasteiger partial charge >= 0.3 is 0 Å². The summed E-state index contributed by atoms with van der Waals surface area (Å²) in [6.07, 6.45) is 1.31. The van der Waals surface area contributed by atoms with Crippen molar-refractivity contribution in [2.24, 2.45) is 5.92 Å². The van der Waals surface area contributed by atoms with Gasteiger partial charge in [-0.25, -0.2) is 0 Å². The van der Waals surface area contributed by atoms with E-state index in [2.05, 4.69) is 63.5 Å². The van der Waals surface area contributed by atoms with Gasteiger partial charge in [0, 0.05) is 5.92 Å². The third kappa shape index (κ3) is 3.16. The Balaban J connectivity index is 2.21. The molecule has 0 amide bonds. The van der Waals surface area contributed by atoms with Crippen LogP contribution < -0.4 is 0 Å². The third-order valence-corrected chi connectivity index (χ3v) is 9.42. The predicted octanol–water partition coefficient (Wildman–Crippen LogP) is 3.81. The summed E-state index contributed by atoms with van der Waals surface area (Å²) in [6, 6.07) is 8.42. The fourth-order valence-corrected chi connectivity index (χ4v) is 3.23. The number of hydrogen-bond acceptors (Lipinski definition) is 1. The van der Waals surface area contributed by atoms with Crippen LogP contribution >= 0.6 is 0 Å². The van der Waals surface area contributed by atoms with Gasteiger partial charge in [-0.15, -0.1) is 11.5 Å². The predicted molar refractivity (Wildman–Crippen MR) is 88.3 cm³/mol. The molecule has 2 heteroatoms. The lowest BCUT2D eigenvalue weighted by Gasteiger charge is -2.32. The van der Waals surface area contributed by atoms with Gasteiger partial charge in [0.15, 0.2) is 0 Å². The molecule has 0 bridgehead atoms. The highest BCUT2D eigenvalue weighted by molar-refractivity contribution is 6.87. The number of aliphatic hydroxyl groups excluding tert-OH is 1. The smallest absolute Gasteiger partial charge is 0.137 e. The van der Waals surface area contributed by atoms with Gasteiger partial charge < -0.3 is 5.11 Å². The van der Waals surface area contributed by atoms with Gasteiger partial charge in [0.1, 0.15) is 8.07 Å². The lowest BCUT2D eigenvalue weighted by molar-refractivity contribution is 0.127. The highest BCUT2D eigenvalue weighted by Gasteiger charge is 2.34. The molecule has 1 aromatic rings. The van der Waals surface area contributed by atoms with Crippen LogP contribution in [0.5, 0.6) is 0 Å². The van der Waals surface area contributed by atoms with Gasteiger partial charge in [0.2, 0.25) is 0 Å².